The molecule has 0 bridgehead atoms. The van der Waals surface area contributed by atoms with Crippen molar-refractivity contribution in [3.05, 3.63) is 142 Å². The van der Waals surface area contributed by atoms with Crippen LogP contribution in [0.25, 0.3) is 10.4 Å². The second-order valence-electron chi connectivity index (χ2n) is 10.5. The van der Waals surface area contributed by atoms with Gasteiger partial charge < -0.3 is 19.9 Å². The lowest BCUT2D eigenvalue weighted by Gasteiger charge is -2.31. The van der Waals surface area contributed by atoms with Gasteiger partial charge in [-0.1, -0.05) is 90.0 Å². The van der Waals surface area contributed by atoms with Gasteiger partial charge in [-0.05, 0) is 59.3 Å². The molecule has 0 saturated heterocycles. The monoisotopic (exact) mass is 589 g/mol. The molecule has 4 aromatic carbocycles. The molecule has 0 saturated carbocycles. The van der Waals surface area contributed by atoms with Crippen molar-refractivity contribution in [2.24, 2.45) is 10.1 Å². The molecule has 224 valence electrons. The van der Waals surface area contributed by atoms with Gasteiger partial charge in [0.1, 0.15) is 5.75 Å². The fourth-order valence-electron chi connectivity index (χ4n) is 5.30. The Labute approximate surface area is 256 Å². The molecule has 1 heterocycles. The molecule has 0 unspecified atom stereocenters. The highest BCUT2D eigenvalue weighted by Gasteiger charge is 2.53. The van der Waals surface area contributed by atoms with Crippen LogP contribution < -0.4 is 10.1 Å². The van der Waals surface area contributed by atoms with Crippen LogP contribution in [0.2, 0.25) is 0 Å². The van der Waals surface area contributed by atoms with Crippen LogP contribution in [0.3, 0.4) is 0 Å². The molecule has 0 spiro atoms. The zero-order chi connectivity index (χ0) is 30.6. The molecule has 4 aromatic rings. The zero-order valence-corrected chi connectivity index (χ0v) is 24.4. The van der Waals surface area contributed by atoms with E-state index in [0.717, 1.165) is 18.4 Å². The molecular formula is C35H35N5O4. The number of hydrogen-bond donors (Lipinski definition) is 2. The number of aliphatic hydroxyl groups is 1. The Bertz CT molecular complexity index is 1610. The van der Waals surface area contributed by atoms with Crippen LogP contribution in [0.15, 0.2) is 119 Å². The van der Waals surface area contributed by atoms with Gasteiger partial charge in [-0.2, -0.15) is 0 Å². The van der Waals surface area contributed by atoms with Gasteiger partial charge in [0.05, 0.1) is 6.61 Å². The number of amides is 1. The van der Waals surface area contributed by atoms with Gasteiger partial charge in [-0.15, -0.1) is 0 Å². The summed E-state index contributed by atoms with van der Waals surface area (Å²) in [5.74, 6) is 0.724. The first kappa shape index (κ1) is 30.4. The van der Waals surface area contributed by atoms with Gasteiger partial charge in [0, 0.05) is 42.2 Å². The lowest BCUT2D eigenvalue weighted by molar-refractivity contribution is -0.128. The van der Waals surface area contributed by atoms with Crippen molar-refractivity contribution in [1.29, 1.82) is 0 Å². The summed E-state index contributed by atoms with van der Waals surface area (Å²) in [5.41, 5.74) is 11.7. The third kappa shape index (κ3) is 7.26. The number of benzene rings is 4. The molecule has 5 rings (SSSR count). The number of hydrogen-bond acceptors (Lipinski definition) is 6. The Kier molecular flexibility index (Phi) is 10.3. The number of aliphatic imine (C=N–C) groups is 1. The number of carbonyl (C=O) groups is 1. The molecule has 1 aliphatic heterocycles. The Balaban J connectivity index is 1.51. The zero-order valence-electron chi connectivity index (χ0n) is 24.4. The smallest absolute Gasteiger partial charge is 0.252 e. The van der Waals surface area contributed by atoms with Crippen LogP contribution >= 0.6 is 0 Å². The van der Waals surface area contributed by atoms with Crippen LogP contribution in [-0.4, -0.2) is 42.2 Å². The SMILES string of the molecule is [N-]=[N+]=Nc1ccccc1C[C@@]1(C(=O)NCCCc2ccccc2)N=C(c2ccc(OCCCO)cc2)O[C@@H]1c1ccccc1. The van der Waals surface area contributed by atoms with Gasteiger partial charge in [0.25, 0.3) is 5.91 Å². The number of aliphatic hydroxyl groups excluding tert-OH is 1. The van der Waals surface area contributed by atoms with E-state index in [1.54, 1.807) is 12.1 Å². The second kappa shape index (κ2) is 14.9. The molecule has 0 aliphatic carbocycles. The van der Waals surface area contributed by atoms with Crippen molar-refractivity contribution in [2.75, 3.05) is 19.8 Å². The summed E-state index contributed by atoms with van der Waals surface area (Å²) in [6.45, 7) is 0.921. The van der Waals surface area contributed by atoms with E-state index in [2.05, 4.69) is 27.5 Å². The summed E-state index contributed by atoms with van der Waals surface area (Å²) in [6, 6.07) is 34.3. The number of rotatable bonds is 14. The first-order chi connectivity index (χ1) is 21.6. The molecule has 1 amide bonds. The van der Waals surface area contributed by atoms with Crippen LogP contribution in [0, 0.1) is 0 Å². The van der Waals surface area contributed by atoms with Gasteiger partial charge in [-0.3, -0.25) is 4.79 Å². The number of nitrogens with zero attached hydrogens (tertiary/aromatic N) is 4. The minimum Gasteiger partial charge on any atom is -0.494 e. The van der Waals surface area contributed by atoms with E-state index in [0.29, 0.717) is 48.0 Å². The minimum atomic E-state index is -1.39. The van der Waals surface area contributed by atoms with E-state index >= 15 is 0 Å². The van der Waals surface area contributed by atoms with Crippen molar-refractivity contribution in [3.8, 4) is 5.75 Å². The molecule has 1 aliphatic rings. The Morgan fingerprint density at radius 3 is 2.39 bits per heavy atom. The van der Waals surface area contributed by atoms with Crippen LogP contribution in [-0.2, 0) is 22.4 Å². The van der Waals surface area contributed by atoms with E-state index in [-0.39, 0.29) is 18.9 Å². The van der Waals surface area contributed by atoms with Gasteiger partial charge >= 0.3 is 0 Å². The molecular weight excluding hydrogens is 554 g/mol. The number of nitrogens with one attached hydrogen (secondary N) is 1. The van der Waals surface area contributed by atoms with Gasteiger partial charge in [0.2, 0.25) is 5.90 Å². The van der Waals surface area contributed by atoms with Crippen molar-refractivity contribution < 1.29 is 19.4 Å². The largest absolute Gasteiger partial charge is 0.494 e. The van der Waals surface area contributed by atoms with Crippen molar-refractivity contribution >= 4 is 17.5 Å². The van der Waals surface area contributed by atoms with Crippen molar-refractivity contribution in [1.82, 2.24) is 5.32 Å². The van der Waals surface area contributed by atoms with Crippen molar-refractivity contribution in [2.45, 2.75) is 37.3 Å². The van der Waals surface area contributed by atoms with E-state index in [4.69, 9.17) is 19.6 Å². The maximum atomic E-state index is 14.4. The van der Waals surface area contributed by atoms with E-state index in [1.807, 2.05) is 84.9 Å². The molecule has 0 radical (unpaired) electrons. The van der Waals surface area contributed by atoms with Crippen LogP contribution in [0.4, 0.5) is 5.69 Å². The average Bonchev–Trinajstić information content (AvgIpc) is 3.46. The van der Waals surface area contributed by atoms with E-state index in [9.17, 15) is 10.3 Å². The Morgan fingerprint density at radius 2 is 1.66 bits per heavy atom. The van der Waals surface area contributed by atoms with E-state index in [1.165, 1.54) is 5.56 Å². The molecule has 2 N–H and O–H groups in total. The van der Waals surface area contributed by atoms with Crippen molar-refractivity contribution in [3.63, 3.8) is 0 Å². The number of carbonyl (C=O) groups excluding carboxylic acids is 1. The first-order valence-corrected chi connectivity index (χ1v) is 14.7. The topological polar surface area (TPSA) is 129 Å². The average molecular weight is 590 g/mol. The second-order valence-corrected chi connectivity index (χ2v) is 10.5. The fraction of sp³-hybridized carbons (Fsp3) is 0.257. The predicted octanol–water partition coefficient (Wildman–Crippen LogP) is 6.64. The summed E-state index contributed by atoms with van der Waals surface area (Å²) in [4.78, 5) is 22.4. The number of aryl methyl sites for hydroxylation is 1. The normalized spacial score (nSPS) is 17.2. The fourth-order valence-corrected chi connectivity index (χ4v) is 5.30. The molecule has 9 heteroatoms. The summed E-state index contributed by atoms with van der Waals surface area (Å²) in [5, 5.41) is 16.1. The molecule has 0 aromatic heterocycles. The standard InChI is InChI=1S/C35H35N5O4/c36-40-39-31-17-8-7-16-29(31)25-35(34(42)37-22-9-13-26-11-3-1-4-12-26)32(27-14-5-2-6-15-27)44-33(38-35)28-18-20-30(21-19-28)43-24-10-23-41/h1-8,11-12,14-21,32,41H,9-10,13,22-25H2,(H,37,42)/t32-,35-/m1/s1. The third-order valence-corrected chi connectivity index (χ3v) is 7.51. The van der Waals surface area contributed by atoms with Crippen LogP contribution in [0.5, 0.6) is 5.75 Å². The van der Waals surface area contributed by atoms with Gasteiger partial charge in [0.15, 0.2) is 11.6 Å². The molecule has 9 nitrogen and oxygen atoms in total. The maximum absolute atomic E-state index is 14.4. The Morgan fingerprint density at radius 1 is 0.955 bits per heavy atom. The summed E-state index contributed by atoms with van der Waals surface area (Å²) < 4.78 is 12.3. The number of ether oxygens (including phenoxy) is 2. The summed E-state index contributed by atoms with van der Waals surface area (Å²) >= 11 is 0. The lowest BCUT2D eigenvalue weighted by atomic mass is 9.81. The lowest BCUT2D eigenvalue weighted by Crippen LogP contribution is -2.50. The quantitative estimate of drug-likeness (QED) is 0.0739. The summed E-state index contributed by atoms with van der Waals surface area (Å²) in [7, 11) is 0. The highest BCUT2D eigenvalue weighted by Crippen LogP contribution is 2.43. The van der Waals surface area contributed by atoms with Gasteiger partial charge in [-0.25, -0.2) is 4.99 Å². The first-order valence-electron chi connectivity index (χ1n) is 14.7. The minimum absolute atomic E-state index is 0.0583. The predicted molar refractivity (Wildman–Crippen MR) is 170 cm³/mol. The maximum Gasteiger partial charge on any atom is 0.252 e. The highest BCUT2D eigenvalue weighted by molar-refractivity contribution is 6.01. The third-order valence-electron chi connectivity index (χ3n) is 7.51. The molecule has 44 heavy (non-hydrogen) atoms. The molecule has 2 atom stereocenters. The van der Waals surface area contributed by atoms with E-state index < -0.39 is 11.6 Å². The highest BCUT2D eigenvalue weighted by atomic mass is 16.5. The summed E-state index contributed by atoms with van der Waals surface area (Å²) in [6.07, 6.45) is 1.53. The molecule has 0 fully saturated rings. The van der Waals surface area contributed by atoms with Crippen LogP contribution in [0.1, 0.15) is 41.2 Å². The Hall–Kier alpha value is -5.11. The number of azide groups is 1.